The van der Waals surface area contributed by atoms with Crippen molar-refractivity contribution in [1.29, 1.82) is 0 Å². The smallest absolute Gasteiger partial charge is 0.0468 e. The van der Waals surface area contributed by atoms with E-state index in [1.165, 1.54) is 6.42 Å². The lowest BCUT2D eigenvalue weighted by molar-refractivity contribution is 0.134. The molecule has 0 aromatic carbocycles. The van der Waals surface area contributed by atoms with E-state index in [2.05, 4.69) is 30.2 Å². The molecule has 0 aromatic heterocycles. The van der Waals surface area contributed by atoms with Crippen LogP contribution >= 0.6 is 0 Å². The van der Waals surface area contributed by atoms with Gasteiger partial charge in [-0.05, 0) is 30.1 Å². The number of aliphatic hydroxyl groups excluding tert-OH is 1. The predicted octanol–water partition coefficient (Wildman–Crippen LogP) is 2.09. The summed E-state index contributed by atoms with van der Waals surface area (Å²) in [7, 11) is 0. The van der Waals surface area contributed by atoms with Gasteiger partial charge in [0.05, 0.1) is 0 Å². The van der Waals surface area contributed by atoms with Gasteiger partial charge in [-0.3, -0.25) is 4.90 Å². The monoisotopic (exact) mass is 233 g/mol. The van der Waals surface area contributed by atoms with Crippen molar-refractivity contribution in [3.63, 3.8) is 0 Å². The maximum Gasteiger partial charge on any atom is 0.0468 e. The molecule has 94 valence electrons. The molecule has 0 heterocycles. The fourth-order valence-corrected chi connectivity index (χ4v) is 3.46. The van der Waals surface area contributed by atoms with Gasteiger partial charge >= 0.3 is 0 Å². The Hall–Kier alpha value is -0.860. The van der Waals surface area contributed by atoms with Crippen LogP contribution in [0, 0.1) is 23.7 Å². The summed E-state index contributed by atoms with van der Waals surface area (Å²) in [4.78, 5) is 2.36. The molecule has 0 aliphatic heterocycles. The second-order valence-electron chi connectivity index (χ2n) is 5.25. The summed E-state index contributed by atoms with van der Waals surface area (Å²) < 4.78 is 0. The van der Waals surface area contributed by atoms with Crippen molar-refractivity contribution in [1.82, 2.24) is 4.90 Å². The van der Waals surface area contributed by atoms with Crippen LogP contribution in [0.3, 0.4) is 0 Å². The van der Waals surface area contributed by atoms with E-state index < -0.39 is 0 Å². The number of aliphatic hydroxyl groups is 1. The van der Waals surface area contributed by atoms with Crippen molar-refractivity contribution < 1.29 is 5.11 Å². The third-order valence-electron chi connectivity index (χ3n) is 4.25. The van der Waals surface area contributed by atoms with Crippen LogP contribution in [0.25, 0.3) is 0 Å². The number of fused-ring (bicyclic) bond motifs is 2. The highest BCUT2D eigenvalue weighted by atomic mass is 16.3. The number of hydrogen-bond donors (Lipinski definition) is 1. The largest absolute Gasteiger partial charge is 0.396 e. The molecule has 2 heteroatoms. The lowest BCUT2D eigenvalue weighted by atomic mass is 9.83. The van der Waals surface area contributed by atoms with Crippen molar-refractivity contribution in [2.24, 2.45) is 23.7 Å². The molecule has 0 saturated heterocycles. The minimum absolute atomic E-state index is 0.326. The first-order chi connectivity index (χ1) is 8.30. The minimum Gasteiger partial charge on any atom is -0.396 e. The summed E-state index contributed by atoms with van der Waals surface area (Å²) in [5, 5.41) is 9.54. The zero-order chi connectivity index (χ0) is 12.3. The highest BCUT2D eigenvalue weighted by Crippen LogP contribution is 2.47. The molecular weight excluding hydrogens is 210 g/mol. The second kappa shape index (κ2) is 5.65. The van der Waals surface area contributed by atoms with Gasteiger partial charge in [0.25, 0.3) is 0 Å². The molecule has 4 atom stereocenters. The van der Waals surface area contributed by atoms with Crippen LogP contribution in [-0.4, -0.2) is 36.2 Å². The minimum atomic E-state index is 0.326. The first kappa shape index (κ1) is 12.6. The van der Waals surface area contributed by atoms with E-state index in [-0.39, 0.29) is 0 Å². The molecule has 1 saturated carbocycles. The molecule has 2 aliphatic carbocycles. The van der Waals surface area contributed by atoms with E-state index in [0.29, 0.717) is 30.3 Å². The SMILES string of the molecule is C=CCN(CC=C)C[C@@H]1[C@H](CO)[C@@H]2C=C[C@H]1C2. The Kier molecular flexibility index (Phi) is 4.19. The van der Waals surface area contributed by atoms with E-state index >= 15 is 0 Å². The van der Waals surface area contributed by atoms with Crippen LogP contribution in [0.1, 0.15) is 6.42 Å². The Bertz CT molecular complexity index is 300. The van der Waals surface area contributed by atoms with Gasteiger partial charge < -0.3 is 5.11 Å². The first-order valence-corrected chi connectivity index (χ1v) is 6.53. The van der Waals surface area contributed by atoms with Crippen LogP contribution in [0.15, 0.2) is 37.5 Å². The van der Waals surface area contributed by atoms with Gasteiger partial charge in [0, 0.05) is 26.2 Å². The third-order valence-corrected chi connectivity index (χ3v) is 4.25. The van der Waals surface area contributed by atoms with E-state index in [9.17, 15) is 5.11 Å². The Morgan fingerprint density at radius 1 is 1.12 bits per heavy atom. The lowest BCUT2D eigenvalue weighted by Crippen LogP contribution is -2.36. The van der Waals surface area contributed by atoms with Crippen LogP contribution in [-0.2, 0) is 0 Å². The molecule has 17 heavy (non-hydrogen) atoms. The van der Waals surface area contributed by atoms with E-state index in [1.807, 2.05) is 12.2 Å². The molecule has 0 radical (unpaired) electrons. The maximum atomic E-state index is 9.54. The predicted molar refractivity (Wildman–Crippen MR) is 71.6 cm³/mol. The fraction of sp³-hybridized carbons (Fsp3) is 0.600. The number of nitrogens with zero attached hydrogens (tertiary/aromatic N) is 1. The molecule has 0 amide bonds. The van der Waals surface area contributed by atoms with Gasteiger partial charge in [-0.25, -0.2) is 0 Å². The molecule has 2 bridgehead atoms. The molecule has 2 rings (SSSR count). The van der Waals surface area contributed by atoms with Crippen molar-refractivity contribution in [2.45, 2.75) is 6.42 Å². The van der Waals surface area contributed by atoms with Crippen molar-refractivity contribution in [3.05, 3.63) is 37.5 Å². The van der Waals surface area contributed by atoms with E-state index in [4.69, 9.17) is 0 Å². The summed E-state index contributed by atoms with van der Waals surface area (Å²) in [6, 6.07) is 0. The van der Waals surface area contributed by atoms with Gasteiger partial charge in [0.1, 0.15) is 0 Å². The lowest BCUT2D eigenvalue weighted by Gasteiger charge is -2.31. The van der Waals surface area contributed by atoms with Crippen molar-refractivity contribution in [3.8, 4) is 0 Å². The average Bonchev–Trinajstić information content (AvgIpc) is 2.90. The normalized spacial score (nSPS) is 34.5. The topological polar surface area (TPSA) is 23.5 Å². The Labute approximate surface area is 104 Å². The Morgan fingerprint density at radius 3 is 2.24 bits per heavy atom. The zero-order valence-electron chi connectivity index (χ0n) is 10.5. The molecule has 0 unspecified atom stereocenters. The fourth-order valence-electron chi connectivity index (χ4n) is 3.46. The van der Waals surface area contributed by atoms with Gasteiger partial charge in [-0.1, -0.05) is 24.3 Å². The summed E-state index contributed by atoms with van der Waals surface area (Å²) in [6.45, 7) is 10.8. The molecule has 1 N–H and O–H groups in total. The molecule has 1 fully saturated rings. The van der Waals surface area contributed by atoms with Crippen molar-refractivity contribution in [2.75, 3.05) is 26.2 Å². The highest BCUT2D eigenvalue weighted by molar-refractivity contribution is 5.14. The van der Waals surface area contributed by atoms with Crippen molar-refractivity contribution >= 4 is 0 Å². The quantitative estimate of drug-likeness (QED) is 0.681. The maximum absolute atomic E-state index is 9.54. The first-order valence-electron chi connectivity index (χ1n) is 6.53. The highest BCUT2D eigenvalue weighted by Gasteiger charge is 2.44. The van der Waals surface area contributed by atoms with E-state index in [0.717, 1.165) is 19.6 Å². The van der Waals surface area contributed by atoms with Gasteiger partial charge in [-0.2, -0.15) is 0 Å². The van der Waals surface area contributed by atoms with Crippen LogP contribution in [0.5, 0.6) is 0 Å². The van der Waals surface area contributed by atoms with E-state index in [1.54, 1.807) is 0 Å². The Balaban J connectivity index is 1.98. The van der Waals surface area contributed by atoms with Gasteiger partial charge in [0.15, 0.2) is 0 Å². The van der Waals surface area contributed by atoms with Crippen LogP contribution in [0.2, 0.25) is 0 Å². The summed E-state index contributed by atoms with van der Waals surface area (Å²) in [5.74, 6) is 2.36. The molecule has 0 spiro atoms. The molecule has 0 aromatic rings. The Morgan fingerprint density at radius 2 is 1.71 bits per heavy atom. The standard InChI is InChI=1S/C15H23NO/c1-3-7-16(8-4-2)10-14-12-5-6-13(9-12)15(14)11-17/h3-6,12-15,17H,1-2,7-11H2/t12-,13+,14-,15+/m0/s1. The molecule has 2 aliphatic rings. The third kappa shape index (κ3) is 2.53. The van der Waals surface area contributed by atoms with Crippen LogP contribution in [0.4, 0.5) is 0 Å². The summed E-state index contributed by atoms with van der Waals surface area (Å²) in [6.07, 6.45) is 9.78. The molecule has 2 nitrogen and oxygen atoms in total. The number of allylic oxidation sites excluding steroid dienone is 2. The number of rotatable bonds is 7. The van der Waals surface area contributed by atoms with Crippen LogP contribution < -0.4 is 0 Å². The number of hydrogen-bond acceptors (Lipinski definition) is 2. The summed E-state index contributed by atoms with van der Waals surface area (Å²) >= 11 is 0. The van der Waals surface area contributed by atoms with Gasteiger partial charge in [-0.15, -0.1) is 13.2 Å². The summed E-state index contributed by atoms with van der Waals surface area (Å²) in [5.41, 5.74) is 0. The average molecular weight is 233 g/mol. The van der Waals surface area contributed by atoms with Gasteiger partial charge in [0.2, 0.25) is 0 Å². The molecular formula is C15H23NO. The zero-order valence-corrected chi connectivity index (χ0v) is 10.5. The second-order valence-corrected chi connectivity index (χ2v) is 5.25.